The van der Waals surface area contributed by atoms with Gasteiger partial charge in [0.15, 0.2) is 0 Å². The Labute approximate surface area is 168 Å². The molecule has 27 heavy (non-hydrogen) atoms. The standard InChI is InChI=1S/C25H44O2/c1-3-5-20-27-23(26)25(16-10-7-11-17-25)24(4-2)18-14-22(15-19-24)21-12-8-6-9-13-21/h21-22H,3-20H2,1-2H3/t22-,24+. The van der Waals surface area contributed by atoms with E-state index in [1.807, 2.05) is 0 Å². The van der Waals surface area contributed by atoms with Crippen LogP contribution in [0, 0.1) is 22.7 Å². The van der Waals surface area contributed by atoms with E-state index in [0.29, 0.717) is 6.61 Å². The van der Waals surface area contributed by atoms with Gasteiger partial charge in [0.25, 0.3) is 0 Å². The van der Waals surface area contributed by atoms with Crippen LogP contribution in [0.2, 0.25) is 0 Å². The number of carbonyl (C=O) groups is 1. The molecule has 0 spiro atoms. The van der Waals surface area contributed by atoms with Crippen LogP contribution < -0.4 is 0 Å². The van der Waals surface area contributed by atoms with Crippen molar-refractivity contribution in [1.29, 1.82) is 0 Å². The van der Waals surface area contributed by atoms with E-state index in [2.05, 4.69) is 13.8 Å². The van der Waals surface area contributed by atoms with Crippen LogP contribution in [0.5, 0.6) is 0 Å². The SMILES string of the molecule is CCCCOC(=O)C1([C@]2(CC)CC[C@H](C3CCCCC3)CC2)CCCCC1. The third-order valence-corrected chi connectivity index (χ3v) is 8.82. The van der Waals surface area contributed by atoms with Crippen molar-refractivity contribution >= 4 is 5.97 Å². The summed E-state index contributed by atoms with van der Waals surface area (Å²) in [5.41, 5.74) is 0.0349. The number of ether oxygens (including phenoxy) is 1. The summed E-state index contributed by atoms with van der Waals surface area (Å²) in [5, 5.41) is 0. The van der Waals surface area contributed by atoms with Gasteiger partial charge in [-0.15, -0.1) is 0 Å². The van der Waals surface area contributed by atoms with Gasteiger partial charge in [-0.2, -0.15) is 0 Å². The van der Waals surface area contributed by atoms with Crippen molar-refractivity contribution in [3.8, 4) is 0 Å². The molecule has 156 valence electrons. The summed E-state index contributed by atoms with van der Waals surface area (Å²) in [6.45, 7) is 5.16. The molecule has 0 aromatic carbocycles. The van der Waals surface area contributed by atoms with Gasteiger partial charge in [-0.05, 0) is 68.6 Å². The molecule has 0 heterocycles. The summed E-state index contributed by atoms with van der Waals surface area (Å²) >= 11 is 0. The lowest BCUT2D eigenvalue weighted by Gasteiger charge is -2.54. The fourth-order valence-electron chi connectivity index (χ4n) is 6.99. The summed E-state index contributed by atoms with van der Waals surface area (Å²) in [5.74, 6) is 2.09. The molecule has 3 aliphatic carbocycles. The average Bonchev–Trinajstić information content (AvgIpc) is 2.75. The van der Waals surface area contributed by atoms with Crippen molar-refractivity contribution in [3.63, 3.8) is 0 Å². The predicted octanol–water partition coefficient (Wildman–Crippen LogP) is 7.45. The fourth-order valence-corrected chi connectivity index (χ4v) is 6.99. The number of carbonyl (C=O) groups excluding carboxylic acids is 1. The molecule has 0 atom stereocenters. The second-order valence-corrected chi connectivity index (χ2v) is 10.0. The average molecular weight is 377 g/mol. The lowest BCUT2D eigenvalue weighted by Crippen LogP contribution is -2.51. The van der Waals surface area contributed by atoms with Crippen LogP contribution in [0.3, 0.4) is 0 Å². The van der Waals surface area contributed by atoms with Crippen molar-refractivity contribution < 1.29 is 9.53 Å². The van der Waals surface area contributed by atoms with E-state index in [1.165, 1.54) is 77.0 Å². The highest BCUT2D eigenvalue weighted by Crippen LogP contribution is 2.60. The van der Waals surface area contributed by atoms with Gasteiger partial charge in [-0.1, -0.05) is 71.6 Å². The van der Waals surface area contributed by atoms with E-state index in [9.17, 15) is 4.79 Å². The zero-order valence-electron chi connectivity index (χ0n) is 18.2. The largest absolute Gasteiger partial charge is 0.465 e. The van der Waals surface area contributed by atoms with Crippen molar-refractivity contribution in [2.45, 2.75) is 123 Å². The lowest BCUT2D eigenvalue weighted by atomic mass is 9.49. The minimum atomic E-state index is -0.175. The molecule has 2 heteroatoms. The Morgan fingerprint density at radius 3 is 2.00 bits per heavy atom. The van der Waals surface area contributed by atoms with Crippen LogP contribution in [0.15, 0.2) is 0 Å². The lowest BCUT2D eigenvalue weighted by molar-refractivity contribution is -0.174. The molecule has 3 saturated carbocycles. The molecule has 0 N–H and O–H groups in total. The monoisotopic (exact) mass is 376 g/mol. The van der Waals surface area contributed by atoms with Gasteiger partial charge in [0.2, 0.25) is 0 Å². The normalized spacial score (nSPS) is 32.1. The molecule has 0 radical (unpaired) electrons. The van der Waals surface area contributed by atoms with Crippen LogP contribution in [0.1, 0.15) is 123 Å². The van der Waals surface area contributed by atoms with Gasteiger partial charge in [-0.3, -0.25) is 4.79 Å². The van der Waals surface area contributed by atoms with Gasteiger partial charge in [-0.25, -0.2) is 0 Å². The molecule has 0 saturated heterocycles. The third kappa shape index (κ3) is 4.40. The van der Waals surface area contributed by atoms with E-state index < -0.39 is 0 Å². The molecule has 0 amide bonds. The van der Waals surface area contributed by atoms with Crippen molar-refractivity contribution in [3.05, 3.63) is 0 Å². The van der Waals surface area contributed by atoms with Crippen molar-refractivity contribution in [1.82, 2.24) is 0 Å². The molecule has 0 unspecified atom stereocenters. The molecule has 3 fully saturated rings. The zero-order chi connectivity index (χ0) is 19.2. The van der Waals surface area contributed by atoms with Crippen LogP contribution >= 0.6 is 0 Å². The molecule has 0 bridgehead atoms. The van der Waals surface area contributed by atoms with Gasteiger partial charge < -0.3 is 4.74 Å². The van der Waals surface area contributed by atoms with E-state index >= 15 is 0 Å². The summed E-state index contributed by atoms with van der Waals surface area (Å²) < 4.78 is 5.91. The number of rotatable bonds is 7. The van der Waals surface area contributed by atoms with E-state index in [-0.39, 0.29) is 16.8 Å². The Hall–Kier alpha value is -0.530. The van der Waals surface area contributed by atoms with Crippen molar-refractivity contribution in [2.75, 3.05) is 6.61 Å². The van der Waals surface area contributed by atoms with Crippen LogP contribution in [-0.2, 0) is 9.53 Å². The van der Waals surface area contributed by atoms with Gasteiger partial charge in [0.1, 0.15) is 0 Å². The summed E-state index contributed by atoms with van der Waals surface area (Å²) in [4.78, 5) is 13.4. The Bertz CT molecular complexity index is 449. The maximum atomic E-state index is 13.4. The van der Waals surface area contributed by atoms with E-state index in [1.54, 1.807) is 0 Å². The quantitative estimate of drug-likeness (QED) is 0.341. The molecule has 0 aliphatic heterocycles. The van der Waals surface area contributed by atoms with Crippen LogP contribution in [0.4, 0.5) is 0 Å². The van der Waals surface area contributed by atoms with Crippen LogP contribution in [0.25, 0.3) is 0 Å². The molecule has 0 aromatic heterocycles. The van der Waals surface area contributed by atoms with Gasteiger partial charge >= 0.3 is 5.97 Å². The minimum Gasteiger partial charge on any atom is -0.465 e. The minimum absolute atomic E-state index is 0.175. The first-order valence-electron chi connectivity index (χ1n) is 12.3. The molecular formula is C25H44O2. The number of hydrogen-bond acceptors (Lipinski definition) is 2. The fraction of sp³-hybridized carbons (Fsp3) is 0.960. The summed E-state index contributed by atoms with van der Waals surface area (Å²) in [7, 11) is 0. The molecule has 0 aromatic rings. The topological polar surface area (TPSA) is 26.3 Å². The second-order valence-electron chi connectivity index (χ2n) is 10.0. The third-order valence-electron chi connectivity index (χ3n) is 8.82. The number of unbranched alkanes of at least 4 members (excludes halogenated alkanes) is 1. The predicted molar refractivity (Wildman–Crippen MR) is 113 cm³/mol. The zero-order valence-corrected chi connectivity index (χ0v) is 18.2. The van der Waals surface area contributed by atoms with Gasteiger partial charge in [0.05, 0.1) is 12.0 Å². The summed E-state index contributed by atoms with van der Waals surface area (Å²) in [6, 6.07) is 0. The van der Waals surface area contributed by atoms with Crippen molar-refractivity contribution in [2.24, 2.45) is 22.7 Å². The highest BCUT2D eigenvalue weighted by atomic mass is 16.5. The Kier molecular flexibility index (Phi) is 7.68. The smallest absolute Gasteiger partial charge is 0.312 e. The maximum absolute atomic E-state index is 13.4. The molecule has 3 aliphatic rings. The molecular weight excluding hydrogens is 332 g/mol. The molecule has 2 nitrogen and oxygen atoms in total. The highest BCUT2D eigenvalue weighted by Gasteiger charge is 2.57. The maximum Gasteiger partial charge on any atom is 0.312 e. The molecule has 3 rings (SSSR count). The second kappa shape index (κ2) is 9.79. The van der Waals surface area contributed by atoms with Gasteiger partial charge in [0, 0.05) is 0 Å². The van der Waals surface area contributed by atoms with E-state index in [0.717, 1.165) is 43.9 Å². The summed E-state index contributed by atoms with van der Waals surface area (Å²) in [6.07, 6.45) is 21.7. The first kappa shape index (κ1) is 21.2. The first-order chi connectivity index (χ1) is 13.2. The number of esters is 1. The first-order valence-corrected chi connectivity index (χ1v) is 12.3. The Balaban J connectivity index is 1.72. The highest BCUT2D eigenvalue weighted by molar-refractivity contribution is 5.78. The van der Waals surface area contributed by atoms with Crippen LogP contribution in [-0.4, -0.2) is 12.6 Å². The Morgan fingerprint density at radius 1 is 0.815 bits per heavy atom. The van der Waals surface area contributed by atoms with E-state index in [4.69, 9.17) is 4.74 Å². The Morgan fingerprint density at radius 2 is 1.41 bits per heavy atom. The number of hydrogen-bond donors (Lipinski definition) is 0.